The van der Waals surface area contributed by atoms with E-state index >= 15 is 0 Å². The number of H-pyrrole nitrogens is 1. The number of hydrogen-bond donors (Lipinski definition) is 4. The van der Waals surface area contributed by atoms with Crippen molar-refractivity contribution >= 4 is 61.6 Å². The number of sulfonamides is 1. The highest BCUT2D eigenvalue weighted by molar-refractivity contribution is 7.90. The minimum atomic E-state index is -4.70. The number of rotatable bonds is 15. The van der Waals surface area contributed by atoms with Gasteiger partial charge in [0.1, 0.15) is 28.7 Å². The Morgan fingerprint density at radius 2 is 1.71 bits per heavy atom. The number of piperidine rings is 1. The van der Waals surface area contributed by atoms with E-state index in [1.165, 1.54) is 29.5 Å². The van der Waals surface area contributed by atoms with Crippen molar-refractivity contribution in [2.75, 3.05) is 106 Å². The van der Waals surface area contributed by atoms with Gasteiger partial charge in [0.05, 0.1) is 48.4 Å². The summed E-state index contributed by atoms with van der Waals surface area (Å²) in [5, 5.41) is 26.8. The number of carbonyl (C=O) groups excluding carboxylic acids is 1. The Bertz CT molecular complexity index is 3570. The van der Waals surface area contributed by atoms with Crippen LogP contribution in [0.4, 0.5) is 34.6 Å². The Morgan fingerprint density at radius 1 is 0.906 bits per heavy atom. The van der Waals surface area contributed by atoms with Crippen LogP contribution in [0.2, 0.25) is 0 Å². The zero-order valence-electron chi connectivity index (χ0n) is 48.5. The average molecular weight is 1180 g/mol. The fraction of sp³-hybridized carbons (Fsp3) is 0.525. The van der Waals surface area contributed by atoms with Crippen molar-refractivity contribution < 1.29 is 42.2 Å². The van der Waals surface area contributed by atoms with Crippen LogP contribution >= 0.6 is 0 Å². The van der Waals surface area contributed by atoms with E-state index in [-0.39, 0.29) is 47.1 Å². The van der Waals surface area contributed by atoms with E-state index in [0.717, 1.165) is 106 Å². The summed E-state index contributed by atoms with van der Waals surface area (Å²) in [5.74, 6) is 1.71. The molecule has 1 amide bonds. The number of amides is 1. The number of nitrogens with zero attached hydrogens (tertiary/aromatic N) is 10. The minimum Gasteiger partial charge on any atom is -0.493 e. The summed E-state index contributed by atoms with van der Waals surface area (Å²) >= 11 is 0. The number of anilines is 5. The third-order valence-corrected chi connectivity index (χ3v) is 20.4. The molecule has 85 heavy (non-hydrogen) atoms. The first-order valence-corrected chi connectivity index (χ1v) is 31.4. The van der Waals surface area contributed by atoms with Crippen LogP contribution in [0.3, 0.4) is 0 Å². The fourth-order valence-electron chi connectivity index (χ4n) is 14.2. The molecule has 450 valence electrons. The van der Waals surface area contributed by atoms with E-state index in [0.29, 0.717) is 87.9 Å². The number of methoxy groups -OCH3 is 1. The third kappa shape index (κ3) is 11.6. The normalized spacial score (nSPS) is 24.7. The molecule has 2 aliphatic carbocycles. The van der Waals surface area contributed by atoms with Gasteiger partial charge in [-0.05, 0) is 130 Å². The Hall–Kier alpha value is -7.22. The lowest BCUT2D eigenvalue weighted by Gasteiger charge is -2.58. The van der Waals surface area contributed by atoms with E-state index < -0.39 is 43.1 Å². The van der Waals surface area contributed by atoms with Crippen LogP contribution in [0.5, 0.6) is 11.6 Å². The standard InChI is InChI=1S/C61H75N13O10S/c1-39-6-4-5-7-45(39)51-37-69(36-41-28-52(81-3)56(64-34-41)70-23-26-82-27-24-70)21-22-72(51)43-31-61(32-43)16-19-71(20-17-61)59-65-35-46(55(67-59)73-48-13-25-83-38-53(48)84-58-50(73)29-42-12-18-62-54(42)66-58)57(75)68-85(79,80)44-8-9-47(49(30-44)74(77)78)63-33-40-10-14-60(2,76)15-11-40/h4-9,12,18,28-30,34-35,40,43,48,51,53,63,76H,10-11,13-17,19-27,31-33,36-38H2,1-3H3,(H,62,66)(H,68,75)/t40-,48-,51-,53-,60-/m0/s1. The van der Waals surface area contributed by atoms with Gasteiger partial charge in [-0.3, -0.25) is 24.7 Å². The molecule has 23 nitrogen and oxygen atoms in total. The van der Waals surface area contributed by atoms with Gasteiger partial charge in [-0.1, -0.05) is 24.3 Å². The van der Waals surface area contributed by atoms with E-state index in [1.807, 2.05) is 30.2 Å². The van der Waals surface area contributed by atoms with Gasteiger partial charge in [0.25, 0.3) is 21.6 Å². The average Bonchev–Trinajstić information content (AvgIpc) is 1.90. The molecule has 0 radical (unpaired) electrons. The van der Waals surface area contributed by atoms with E-state index in [1.54, 1.807) is 13.3 Å². The number of piperazine rings is 1. The van der Waals surface area contributed by atoms with Crippen molar-refractivity contribution in [2.45, 2.75) is 113 Å². The van der Waals surface area contributed by atoms with Crippen molar-refractivity contribution in [3.63, 3.8) is 0 Å². The van der Waals surface area contributed by atoms with Crippen molar-refractivity contribution in [3.05, 3.63) is 112 Å². The predicted molar refractivity (Wildman–Crippen MR) is 319 cm³/mol. The summed E-state index contributed by atoms with van der Waals surface area (Å²) < 4.78 is 54.6. The molecule has 2 aromatic carbocycles. The molecule has 6 aromatic rings. The predicted octanol–water partition coefficient (Wildman–Crippen LogP) is 7.28. The van der Waals surface area contributed by atoms with Crippen molar-refractivity contribution in [1.29, 1.82) is 0 Å². The molecule has 4 N–H and O–H groups in total. The number of morpholine rings is 1. The molecule has 0 bridgehead atoms. The molecular formula is C61H75N13O10S. The molecule has 24 heteroatoms. The number of aryl methyl sites for hydroxylation is 1. The Kier molecular flexibility index (Phi) is 15.5. The number of aromatic nitrogens is 5. The maximum absolute atomic E-state index is 14.8. The molecule has 6 fully saturated rings. The number of nitrogens with one attached hydrogen (secondary N) is 3. The lowest BCUT2D eigenvalue weighted by Crippen LogP contribution is -2.60. The van der Waals surface area contributed by atoms with Crippen molar-refractivity contribution in [3.8, 4) is 11.6 Å². The molecule has 1 spiro atoms. The Labute approximate surface area is 494 Å². The first kappa shape index (κ1) is 56.9. The largest absolute Gasteiger partial charge is 0.493 e. The number of ether oxygens (including phenoxy) is 4. The molecular weight excluding hydrogens is 1110 g/mol. The molecule has 9 heterocycles. The topological polar surface area (TPSA) is 259 Å². The highest BCUT2D eigenvalue weighted by Crippen LogP contribution is 2.53. The van der Waals surface area contributed by atoms with Crippen LogP contribution in [0, 0.1) is 28.4 Å². The summed E-state index contributed by atoms with van der Waals surface area (Å²) in [7, 11) is -2.98. The number of fused-ring (bicyclic) bond motifs is 3. The van der Waals surface area contributed by atoms with Crippen LogP contribution in [0.15, 0.2) is 84.1 Å². The number of aliphatic hydroxyl groups is 1. The number of carbonyl (C=O) groups is 1. The minimum absolute atomic E-state index is 0.115. The first-order chi connectivity index (χ1) is 41.1. The van der Waals surface area contributed by atoms with Gasteiger partial charge < -0.3 is 49.1 Å². The maximum Gasteiger partial charge on any atom is 0.293 e. The summed E-state index contributed by atoms with van der Waals surface area (Å²) in [6, 6.07) is 18.6. The number of benzene rings is 2. The van der Waals surface area contributed by atoms with Crippen LogP contribution in [-0.4, -0.2) is 169 Å². The fourth-order valence-corrected chi connectivity index (χ4v) is 15.2. The molecule has 2 saturated carbocycles. The highest BCUT2D eigenvalue weighted by atomic mass is 32.2. The van der Waals surface area contributed by atoms with Crippen LogP contribution < -0.4 is 34.2 Å². The summed E-state index contributed by atoms with van der Waals surface area (Å²) in [5.41, 5.74) is 3.93. The van der Waals surface area contributed by atoms with Crippen LogP contribution in [0.1, 0.15) is 97.8 Å². The monoisotopic (exact) mass is 1180 g/mol. The summed E-state index contributed by atoms with van der Waals surface area (Å²) in [4.78, 5) is 60.7. The maximum atomic E-state index is 14.8. The lowest BCUT2D eigenvalue weighted by atomic mass is 9.59. The van der Waals surface area contributed by atoms with Gasteiger partial charge in [0.15, 0.2) is 17.4 Å². The smallest absolute Gasteiger partial charge is 0.293 e. The van der Waals surface area contributed by atoms with Crippen LogP contribution in [-0.2, 0) is 26.0 Å². The van der Waals surface area contributed by atoms with Gasteiger partial charge in [-0.25, -0.2) is 23.1 Å². The quantitative estimate of drug-likeness (QED) is 0.0582. The van der Waals surface area contributed by atoms with Gasteiger partial charge in [-0.15, -0.1) is 0 Å². The number of nitro benzene ring substituents is 1. The molecule has 4 saturated heterocycles. The Balaban J connectivity index is 0.736. The summed E-state index contributed by atoms with van der Waals surface area (Å²) in [6.07, 6.45) is 11.9. The van der Waals surface area contributed by atoms with Gasteiger partial charge in [-0.2, -0.15) is 9.97 Å². The van der Waals surface area contributed by atoms with Crippen molar-refractivity contribution in [1.82, 2.24) is 39.4 Å². The second-order valence-electron chi connectivity index (χ2n) is 24.6. The number of nitro groups is 1. The van der Waals surface area contributed by atoms with Gasteiger partial charge >= 0.3 is 0 Å². The Morgan fingerprint density at radius 3 is 2.48 bits per heavy atom. The van der Waals surface area contributed by atoms with Gasteiger partial charge in [0, 0.05) is 108 Å². The molecule has 4 aromatic heterocycles. The molecule has 3 atom stereocenters. The number of pyridine rings is 2. The molecule has 5 aliphatic heterocycles. The lowest BCUT2D eigenvalue weighted by molar-refractivity contribution is -0.384. The van der Waals surface area contributed by atoms with Crippen LogP contribution in [0.25, 0.3) is 11.0 Å². The zero-order valence-corrected chi connectivity index (χ0v) is 49.3. The van der Waals surface area contributed by atoms with Gasteiger partial charge in [0.2, 0.25) is 11.8 Å². The van der Waals surface area contributed by atoms with E-state index in [2.05, 4.69) is 71.9 Å². The van der Waals surface area contributed by atoms with Crippen molar-refractivity contribution in [2.24, 2.45) is 11.3 Å². The molecule has 13 rings (SSSR count). The molecule has 7 aliphatic rings. The number of hydrogen-bond acceptors (Lipinski definition) is 20. The SMILES string of the molecule is COc1cc(CN2CCN(C3CC4(CCN(c5ncc(C(=O)NS(=O)(=O)c6ccc(NC[C@H]7CC[C@](C)(O)CC7)c([N+](=O)[O-])c6)c(N6c7cc8cc[nH]c8nc7O[C@H]7COCC[C@@H]76)n5)CC4)C3)[C@H](c3ccccc3C)C2)cnc1N1CCOCC1. The second kappa shape index (κ2) is 23.2. The zero-order chi connectivity index (χ0) is 58.6. The first-order valence-electron chi connectivity index (χ1n) is 29.9. The second-order valence-corrected chi connectivity index (χ2v) is 26.3. The molecule has 0 unspecified atom stereocenters. The van der Waals surface area contributed by atoms with E-state index in [4.69, 9.17) is 38.9 Å². The third-order valence-electron chi connectivity index (χ3n) is 19.1. The highest BCUT2D eigenvalue weighted by Gasteiger charge is 2.51. The number of aromatic amines is 1. The summed E-state index contributed by atoms with van der Waals surface area (Å²) in [6.45, 7) is 12.9. The van der Waals surface area contributed by atoms with E-state index in [9.17, 15) is 28.4 Å².